The van der Waals surface area contributed by atoms with Crippen LogP contribution in [0.25, 0.3) is 27.6 Å². The molecule has 3 aromatic carbocycles. The molecule has 124 valence electrons. The predicted molar refractivity (Wildman–Crippen MR) is 91.2 cm³/mol. The number of benzene rings is 3. The summed E-state index contributed by atoms with van der Waals surface area (Å²) in [6.07, 6.45) is 1.10. The van der Waals surface area contributed by atoms with Crippen molar-refractivity contribution in [2.75, 3.05) is 0 Å². The van der Waals surface area contributed by atoms with Gasteiger partial charge in [-0.1, -0.05) is 36.9 Å². The third-order valence-electron chi connectivity index (χ3n) is 3.68. The molecule has 0 saturated carbocycles. The van der Waals surface area contributed by atoms with E-state index in [2.05, 4.69) is 6.58 Å². The van der Waals surface area contributed by atoms with Crippen LogP contribution in [-0.4, -0.2) is 25.9 Å². The van der Waals surface area contributed by atoms with Gasteiger partial charge in [0.25, 0.3) is 20.2 Å². The van der Waals surface area contributed by atoms with Gasteiger partial charge in [-0.2, -0.15) is 16.8 Å². The van der Waals surface area contributed by atoms with Gasteiger partial charge in [-0.3, -0.25) is 9.11 Å². The third kappa shape index (κ3) is 2.69. The minimum atomic E-state index is -4.93. The van der Waals surface area contributed by atoms with Crippen molar-refractivity contribution in [1.82, 2.24) is 0 Å². The molecule has 0 aliphatic rings. The maximum absolute atomic E-state index is 11.9. The Bertz CT molecular complexity index is 1210. The lowest BCUT2D eigenvalue weighted by molar-refractivity contribution is 0.467. The molecule has 3 aromatic rings. The first kappa shape index (κ1) is 16.6. The van der Waals surface area contributed by atoms with Crippen LogP contribution in [0, 0.1) is 0 Å². The van der Waals surface area contributed by atoms with Crippen LogP contribution in [0.15, 0.2) is 58.8 Å². The molecule has 24 heavy (non-hydrogen) atoms. The Morgan fingerprint density at radius 2 is 1.33 bits per heavy atom. The molecule has 0 radical (unpaired) electrons. The second-order valence-electron chi connectivity index (χ2n) is 5.20. The summed E-state index contributed by atoms with van der Waals surface area (Å²) in [5, 5.41) is 1.85. The van der Waals surface area contributed by atoms with E-state index in [9.17, 15) is 25.9 Å². The van der Waals surface area contributed by atoms with E-state index in [1.54, 1.807) is 24.3 Å². The van der Waals surface area contributed by atoms with E-state index in [1.807, 2.05) is 6.07 Å². The molecule has 0 amide bonds. The molecular formula is C16H12O6S2. The van der Waals surface area contributed by atoms with Gasteiger partial charge in [0.1, 0.15) is 9.79 Å². The Morgan fingerprint density at radius 3 is 1.83 bits per heavy atom. The summed E-state index contributed by atoms with van der Waals surface area (Å²) < 4.78 is 66.2. The van der Waals surface area contributed by atoms with Crippen LogP contribution in [0.3, 0.4) is 0 Å². The summed E-state index contributed by atoms with van der Waals surface area (Å²) in [5.41, 5.74) is -0.118. The summed E-state index contributed by atoms with van der Waals surface area (Å²) >= 11 is 0. The lowest BCUT2D eigenvalue weighted by atomic mass is 10.0. The highest BCUT2D eigenvalue weighted by molar-refractivity contribution is 7.89. The van der Waals surface area contributed by atoms with Gasteiger partial charge in [-0.15, -0.1) is 0 Å². The van der Waals surface area contributed by atoms with Gasteiger partial charge in [0, 0.05) is 5.39 Å². The summed E-state index contributed by atoms with van der Waals surface area (Å²) in [6, 6.07) is 11.6. The minimum Gasteiger partial charge on any atom is -0.282 e. The van der Waals surface area contributed by atoms with Crippen molar-refractivity contribution in [3.63, 3.8) is 0 Å². The van der Waals surface area contributed by atoms with Gasteiger partial charge in [0.05, 0.1) is 0 Å². The molecule has 6 nitrogen and oxygen atoms in total. The SMILES string of the molecule is C=Cc1cc2cc3ccccc3cc2c(S(=O)(=O)O)c1S(=O)(=O)O. The molecule has 0 spiro atoms. The van der Waals surface area contributed by atoms with E-state index in [0.29, 0.717) is 10.8 Å². The van der Waals surface area contributed by atoms with Crippen LogP contribution < -0.4 is 0 Å². The zero-order valence-electron chi connectivity index (χ0n) is 12.2. The summed E-state index contributed by atoms with van der Waals surface area (Å²) in [6.45, 7) is 3.45. The van der Waals surface area contributed by atoms with E-state index in [-0.39, 0.29) is 10.9 Å². The summed E-state index contributed by atoms with van der Waals surface area (Å²) in [4.78, 5) is -1.74. The molecule has 2 N–H and O–H groups in total. The second-order valence-corrected chi connectivity index (χ2v) is 7.92. The smallest absolute Gasteiger partial charge is 0.282 e. The molecule has 0 aromatic heterocycles. The first-order chi connectivity index (χ1) is 11.1. The molecule has 0 atom stereocenters. The molecule has 0 unspecified atom stereocenters. The molecule has 3 rings (SSSR count). The minimum absolute atomic E-state index is 0.00516. The van der Waals surface area contributed by atoms with Crippen LogP contribution >= 0.6 is 0 Å². The number of fused-ring (bicyclic) bond motifs is 2. The van der Waals surface area contributed by atoms with Gasteiger partial charge in [-0.25, -0.2) is 0 Å². The molecule has 0 heterocycles. The van der Waals surface area contributed by atoms with E-state index in [0.717, 1.165) is 11.5 Å². The van der Waals surface area contributed by atoms with Gasteiger partial charge in [0.2, 0.25) is 0 Å². The predicted octanol–water partition coefficient (Wildman–Crippen LogP) is 3.13. The Labute approximate surface area is 138 Å². The Hall–Kier alpha value is -2.26. The fourth-order valence-electron chi connectivity index (χ4n) is 2.73. The van der Waals surface area contributed by atoms with Crippen molar-refractivity contribution < 1.29 is 25.9 Å². The average Bonchev–Trinajstić information content (AvgIpc) is 2.49. The van der Waals surface area contributed by atoms with Gasteiger partial charge in [0.15, 0.2) is 0 Å². The van der Waals surface area contributed by atoms with Crippen molar-refractivity contribution in [2.24, 2.45) is 0 Å². The molecule has 0 saturated heterocycles. The normalized spacial score (nSPS) is 12.6. The summed E-state index contributed by atoms with van der Waals surface area (Å²) in [5.74, 6) is 0. The highest BCUT2D eigenvalue weighted by atomic mass is 32.2. The molecular weight excluding hydrogens is 352 g/mol. The zero-order chi connectivity index (χ0) is 17.7. The lowest BCUT2D eigenvalue weighted by Crippen LogP contribution is -2.11. The Morgan fingerprint density at radius 1 is 0.792 bits per heavy atom. The third-order valence-corrected chi connectivity index (χ3v) is 5.70. The largest absolute Gasteiger partial charge is 0.296 e. The van der Waals surface area contributed by atoms with E-state index < -0.39 is 30.0 Å². The van der Waals surface area contributed by atoms with Crippen LogP contribution in [0.2, 0.25) is 0 Å². The lowest BCUT2D eigenvalue weighted by Gasteiger charge is -2.13. The van der Waals surface area contributed by atoms with Crippen molar-refractivity contribution in [1.29, 1.82) is 0 Å². The maximum Gasteiger partial charge on any atom is 0.296 e. The van der Waals surface area contributed by atoms with E-state index in [4.69, 9.17) is 0 Å². The molecule has 0 bridgehead atoms. The average molecular weight is 364 g/mol. The van der Waals surface area contributed by atoms with Gasteiger partial charge in [-0.05, 0) is 39.9 Å². The Balaban J connectivity index is 2.69. The monoisotopic (exact) mass is 364 g/mol. The highest BCUT2D eigenvalue weighted by Gasteiger charge is 2.29. The van der Waals surface area contributed by atoms with Crippen molar-refractivity contribution in [3.8, 4) is 0 Å². The Kier molecular flexibility index (Phi) is 3.72. The van der Waals surface area contributed by atoms with Gasteiger partial charge < -0.3 is 0 Å². The van der Waals surface area contributed by atoms with Gasteiger partial charge >= 0.3 is 0 Å². The topological polar surface area (TPSA) is 109 Å². The molecule has 0 aliphatic carbocycles. The molecule has 0 aliphatic heterocycles. The van der Waals surface area contributed by atoms with Crippen LogP contribution in [-0.2, 0) is 20.2 Å². The number of rotatable bonds is 3. The standard InChI is InChI=1S/C16H12O6S2/c1-2-10-7-13-8-11-5-3-4-6-12(11)9-14(13)16(24(20,21)22)15(10)23(17,18)19/h2-9H,1H2,(H,17,18,19)(H,20,21,22). The summed E-state index contributed by atoms with van der Waals surface area (Å²) in [7, 11) is -9.85. The highest BCUT2D eigenvalue weighted by Crippen LogP contribution is 2.35. The maximum atomic E-state index is 11.9. The zero-order valence-corrected chi connectivity index (χ0v) is 13.8. The first-order valence-electron chi connectivity index (χ1n) is 6.70. The first-order valence-corrected chi connectivity index (χ1v) is 9.58. The van der Waals surface area contributed by atoms with Crippen molar-refractivity contribution in [3.05, 3.63) is 54.6 Å². The number of hydrogen-bond acceptors (Lipinski definition) is 4. The molecule has 0 fully saturated rings. The van der Waals surface area contributed by atoms with Crippen LogP contribution in [0.4, 0.5) is 0 Å². The fourth-order valence-corrected chi connectivity index (χ4v) is 4.96. The van der Waals surface area contributed by atoms with Crippen molar-refractivity contribution >= 4 is 47.9 Å². The van der Waals surface area contributed by atoms with Crippen LogP contribution in [0.1, 0.15) is 5.56 Å². The number of hydrogen-bond donors (Lipinski definition) is 2. The fraction of sp³-hybridized carbons (Fsp3) is 0. The van der Waals surface area contributed by atoms with E-state index in [1.165, 1.54) is 12.1 Å². The second kappa shape index (κ2) is 5.38. The van der Waals surface area contributed by atoms with E-state index >= 15 is 0 Å². The van der Waals surface area contributed by atoms with Crippen molar-refractivity contribution in [2.45, 2.75) is 9.79 Å². The quantitative estimate of drug-likeness (QED) is 0.546. The van der Waals surface area contributed by atoms with Crippen LogP contribution in [0.5, 0.6) is 0 Å². The molecule has 8 heteroatoms.